The van der Waals surface area contributed by atoms with Gasteiger partial charge in [-0.05, 0) is 31.2 Å². The molecule has 1 amide bonds. The number of carbonyl (C=O) groups is 1. The van der Waals surface area contributed by atoms with Crippen LogP contribution in [0, 0.1) is 5.92 Å². The molecule has 1 fully saturated rings. The summed E-state index contributed by atoms with van der Waals surface area (Å²) in [6, 6.07) is 3.22. The summed E-state index contributed by atoms with van der Waals surface area (Å²) in [5.74, 6) is 0.309. The van der Waals surface area contributed by atoms with E-state index in [2.05, 4.69) is 15.1 Å². The van der Waals surface area contributed by atoms with Crippen molar-refractivity contribution in [2.45, 2.75) is 39.2 Å². The molecule has 1 aliphatic heterocycles. The lowest BCUT2D eigenvalue weighted by atomic mass is 9.97. The van der Waals surface area contributed by atoms with E-state index >= 15 is 0 Å². The maximum atomic E-state index is 12.8. The third kappa shape index (κ3) is 3.90. The number of H-pyrrole nitrogens is 1. The van der Waals surface area contributed by atoms with Crippen LogP contribution in [-0.2, 0) is 13.0 Å². The van der Waals surface area contributed by atoms with Crippen molar-refractivity contribution in [3.63, 3.8) is 0 Å². The Hall–Kier alpha value is -2.44. The topological polar surface area (TPSA) is 83.9 Å². The lowest BCUT2D eigenvalue weighted by Gasteiger charge is -2.32. The third-order valence-electron chi connectivity index (χ3n) is 4.38. The van der Waals surface area contributed by atoms with E-state index in [1.54, 1.807) is 6.33 Å². The zero-order chi connectivity index (χ0) is 16.9. The number of hydrogen-bond acceptors (Lipinski definition) is 4. The van der Waals surface area contributed by atoms with Gasteiger partial charge in [0.1, 0.15) is 12.7 Å². The molecular formula is C17H23N5O2. The first-order valence-electron chi connectivity index (χ1n) is 8.50. The van der Waals surface area contributed by atoms with Crippen LogP contribution in [0.1, 0.15) is 42.2 Å². The number of amides is 1. The summed E-state index contributed by atoms with van der Waals surface area (Å²) in [6.45, 7) is 4.24. The minimum atomic E-state index is -0.208. The Bertz CT molecular complexity index is 738. The van der Waals surface area contributed by atoms with E-state index in [9.17, 15) is 9.59 Å². The first-order chi connectivity index (χ1) is 11.7. The molecule has 1 saturated heterocycles. The van der Waals surface area contributed by atoms with Crippen LogP contribution in [-0.4, -0.2) is 43.6 Å². The summed E-state index contributed by atoms with van der Waals surface area (Å²) in [7, 11) is 0. The third-order valence-corrected chi connectivity index (χ3v) is 4.38. The lowest BCUT2D eigenvalue weighted by molar-refractivity contribution is 0.0659. The molecule has 0 radical (unpaired) electrons. The molecule has 0 spiro atoms. The number of aryl methyl sites for hydroxylation is 1. The molecular weight excluding hydrogens is 306 g/mol. The molecule has 0 aliphatic carbocycles. The molecule has 0 aromatic carbocycles. The van der Waals surface area contributed by atoms with Crippen LogP contribution in [0.4, 0.5) is 0 Å². The molecule has 3 heterocycles. The van der Waals surface area contributed by atoms with Crippen LogP contribution in [0.15, 0.2) is 29.6 Å². The first-order valence-corrected chi connectivity index (χ1v) is 8.50. The van der Waals surface area contributed by atoms with Gasteiger partial charge in [0, 0.05) is 37.0 Å². The van der Waals surface area contributed by atoms with Crippen LogP contribution in [0.5, 0.6) is 0 Å². The molecule has 7 heteroatoms. The van der Waals surface area contributed by atoms with Crippen molar-refractivity contribution in [1.82, 2.24) is 24.6 Å². The number of nitrogens with one attached hydrogen (secondary N) is 1. The molecule has 1 unspecified atom stereocenters. The van der Waals surface area contributed by atoms with Gasteiger partial charge in [-0.2, -0.15) is 5.10 Å². The van der Waals surface area contributed by atoms with Gasteiger partial charge in [0.25, 0.3) is 5.91 Å². The Morgan fingerprint density at radius 2 is 2.29 bits per heavy atom. The standard InChI is InChI=1S/C17H23N5O2/c1-2-4-15-7-14(8-16(23)20-15)17(24)21-6-3-5-13(9-21)10-22-12-18-11-19-22/h7-8,11-13H,2-6,9-10H2,1H3,(H,20,23). The Balaban J connectivity index is 1.71. The highest BCUT2D eigenvalue weighted by molar-refractivity contribution is 5.94. The van der Waals surface area contributed by atoms with Gasteiger partial charge in [-0.1, -0.05) is 13.3 Å². The van der Waals surface area contributed by atoms with Crippen molar-refractivity contribution in [3.8, 4) is 0 Å². The molecule has 1 aliphatic rings. The predicted molar refractivity (Wildman–Crippen MR) is 89.7 cm³/mol. The van der Waals surface area contributed by atoms with E-state index in [-0.39, 0.29) is 11.5 Å². The predicted octanol–water partition coefficient (Wildman–Crippen LogP) is 1.47. The summed E-state index contributed by atoms with van der Waals surface area (Å²) in [5, 5.41) is 4.14. The van der Waals surface area contributed by atoms with Crippen molar-refractivity contribution >= 4 is 5.91 Å². The summed E-state index contributed by atoms with van der Waals surface area (Å²) < 4.78 is 1.81. The molecule has 24 heavy (non-hydrogen) atoms. The largest absolute Gasteiger partial charge is 0.338 e. The average Bonchev–Trinajstić information content (AvgIpc) is 3.07. The van der Waals surface area contributed by atoms with Crippen molar-refractivity contribution < 1.29 is 4.79 Å². The van der Waals surface area contributed by atoms with Crippen LogP contribution in [0.2, 0.25) is 0 Å². The second-order valence-electron chi connectivity index (χ2n) is 6.39. The highest BCUT2D eigenvalue weighted by Gasteiger charge is 2.25. The molecule has 128 valence electrons. The second-order valence-corrected chi connectivity index (χ2v) is 6.39. The van der Waals surface area contributed by atoms with Crippen molar-refractivity contribution in [2.75, 3.05) is 13.1 Å². The normalized spacial score (nSPS) is 17.9. The summed E-state index contributed by atoms with van der Waals surface area (Å²) in [6.07, 6.45) is 6.96. The number of pyridine rings is 1. The Kier molecular flexibility index (Phi) is 5.08. The van der Waals surface area contributed by atoms with Gasteiger partial charge in [-0.3, -0.25) is 14.3 Å². The highest BCUT2D eigenvalue weighted by Crippen LogP contribution is 2.20. The van der Waals surface area contributed by atoms with Gasteiger partial charge < -0.3 is 9.88 Å². The second kappa shape index (κ2) is 7.42. The van der Waals surface area contributed by atoms with E-state index < -0.39 is 0 Å². The first kappa shape index (κ1) is 16.4. The zero-order valence-electron chi connectivity index (χ0n) is 13.9. The maximum Gasteiger partial charge on any atom is 0.254 e. The molecule has 0 saturated carbocycles. The van der Waals surface area contributed by atoms with E-state index in [0.717, 1.165) is 44.5 Å². The quantitative estimate of drug-likeness (QED) is 0.900. The summed E-state index contributed by atoms with van der Waals surface area (Å²) in [5.41, 5.74) is 1.11. The van der Waals surface area contributed by atoms with Crippen LogP contribution in [0.25, 0.3) is 0 Å². The number of aromatic amines is 1. The molecule has 0 bridgehead atoms. The van der Waals surface area contributed by atoms with Gasteiger partial charge in [0.05, 0.1) is 0 Å². The van der Waals surface area contributed by atoms with Gasteiger partial charge in [-0.15, -0.1) is 0 Å². The number of rotatable bonds is 5. The lowest BCUT2D eigenvalue weighted by Crippen LogP contribution is -2.41. The maximum absolute atomic E-state index is 12.8. The van der Waals surface area contributed by atoms with E-state index in [0.29, 0.717) is 18.0 Å². The van der Waals surface area contributed by atoms with Crippen molar-refractivity contribution in [3.05, 3.63) is 46.4 Å². The average molecular weight is 329 g/mol. The van der Waals surface area contributed by atoms with Gasteiger partial charge in [-0.25, -0.2) is 4.98 Å². The SMILES string of the molecule is CCCc1cc(C(=O)N2CCCC(Cn3cncn3)C2)cc(=O)[nH]1. The van der Waals surface area contributed by atoms with E-state index in [1.807, 2.05) is 22.6 Å². The fourth-order valence-electron chi connectivity index (χ4n) is 3.30. The molecule has 2 aromatic heterocycles. The van der Waals surface area contributed by atoms with Crippen LogP contribution in [0.3, 0.4) is 0 Å². The van der Waals surface area contributed by atoms with Gasteiger partial charge in [0.15, 0.2) is 0 Å². The number of likely N-dealkylation sites (tertiary alicyclic amines) is 1. The van der Waals surface area contributed by atoms with Crippen LogP contribution >= 0.6 is 0 Å². The Morgan fingerprint density at radius 3 is 3.04 bits per heavy atom. The fourth-order valence-corrected chi connectivity index (χ4v) is 3.30. The molecule has 1 atom stereocenters. The van der Waals surface area contributed by atoms with Crippen molar-refractivity contribution in [2.24, 2.45) is 5.92 Å². The Labute approximate surface area is 140 Å². The van der Waals surface area contributed by atoms with Crippen LogP contribution < -0.4 is 5.56 Å². The number of piperidine rings is 1. The summed E-state index contributed by atoms with van der Waals surface area (Å²) in [4.78, 5) is 33.2. The zero-order valence-corrected chi connectivity index (χ0v) is 13.9. The molecule has 1 N–H and O–H groups in total. The molecule has 2 aromatic rings. The molecule has 7 nitrogen and oxygen atoms in total. The van der Waals surface area contributed by atoms with Gasteiger partial charge in [0.2, 0.25) is 5.56 Å². The monoisotopic (exact) mass is 329 g/mol. The number of nitrogens with zero attached hydrogens (tertiary/aromatic N) is 4. The highest BCUT2D eigenvalue weighted by atomic mass is 16.2. The number of aromatic nitrogens is 4. The minimum absolute atomic E-state index is 0.0539. The van der Waals surface area contributed by atoms with E-state index in [4.69, 9.17) is 0 Å². The molecule has 3 rings (SSSR count). The number of carbonyl (C=O) groups excluding carboxylic acids is 1. The minimum Gasteiger partial charge on any atom is -0.338 e. The van der Waals surface area contributed by atoms with Crippen molar-refractivity contribution in [1.29, 1.82) is 0 Å². The number of hydrogen-bond donors (Lipinski definition) is 1. The summed E-state index contributed by atoms with van der Waals surface area (Å²) >= 11 is 0. The fraction of sp³-hybridized carbons (Fsp3) is 0.529. The van der Waals surface area contributed by atoms with E-state index in [1.165, 1.54) is 12.4 Å². The smallest absolute Gasteiger partial charge is 0.254 e. The Morgan fingerprint density at radius 1 is 1.42 bits per heavy atom. The van der Waals surface area contributed by atoms with Gasteiger partial charge >= 0.3 is 0 Å².